The van der Waals surface area contributed by atoms with E-state index in [1.54, 1.807) is 25.3 Å². The van der Waals surface area contributed by atoms with E-state index in [0.717, 1.165) is 39.0 Å². The number of hydrogen-bond acceptors (Lipinski definition) is 3. The van der Waals surface area contributed by atoms with Gasteiger partial charge in [0.25, 0.3) is 0 Å². The lowest BCUT2D eigenvalue weighted by molar-refractivity contribution is 0.122. The zero-order valence-electron chi connectivity index (χ0n) is 20.4. The first kappa shape index (κ1) is 23.5. The van der Waals surface area contributed by atoms with Crippen LogP contribution in [0.3, 0.4) is 0 Å². The first-order chi connectivity index (χ1) is 17.3. The molecule has 0 aliphatic heterocycles. The van der Waals surface area contributed by atoms with Crippen LogP contribution in [0.25, 0.3) is 33.4 Å². The van der Waals surface area contributed by atoms with Gasteiger partial charge in [0.15, 0.2) is 0 Å². The van der Waals surface area contributed by atoms with E-state index < -0.39 is 5.60 Å². The van der Waals surface area contributed by atoms with Gasteiger partial charge in [-0.05, 0) is 68.8 Å². The van der Waals surface area contributed by atoms with E-state index in [2.05, 4.69) is 46.3 Å². The van der Waals surface area contributed by atoms with Gasteiger partial charge < -0.3 is 9.67 Å². The molecule has 0 spiro atoms. The number of hydrogen-bond donors (Lipinski definition) is 1. The molecule has 0 bridgehead atoms. The highest BCUT2D eigenvalue weighted by molar-refractivity contribution is 5.88. The molecule has 2 aromatic heterocycles. The molecule has 0 saturated heterocycles. The minimum absolute atomic E-state index is 0.188. The minimum Gasteiger partial charge on any atom is -0.374 e. The molecule has 1 N–H and O–H groups in total. The van der Waals surface area contributed by atoms with E-state index in [1.165, 1.54) is 12.1 Å². The number of aromatic nitrogens is 3. The molecule has 0 aliphatic rings. The Bertz CT molecular complexity index is 1590. The predicted octanol–water partition coefficient (Wildman–Crippen LogP) is 6.74. The molecule has 0 amide bonds. The SMILES string of the molecule is CC(C)n1cnc(-c2ccc(F)cc2)c1-c1ccc2ncc(C#CC(C)(O)c3ccccc3)cc2c1. The molecule has 0 saturated carbocycles. The number of imidazole rings is 1. The molecule has 5 aromatic rings. The van der Waals surface area contributed by atoms with Gasteiger partial charge in [0.1, 0.15) is 11.4 Å². The van der Waals surface area contributed by atoms with Crippen LogP contribution >= 0.6 is 0 Å². The van der Waals surface area contributed by atoms with E-state index >= 15 is 0 Å². The quantitative estimate of drug-likeness (QED) is 0.293. The maximum absolute atomic E-state index is 13.5. The van der Waals surface area contributed by atoms with Crippen molar-refractivity contribution in [2.24, 2.45) is 0 Å². The Hall–Kier alpha value is -4.27. The molecular formula is C31H26FN3O. The van der Waals surface area contributed by atoms with Crippen molar-refractivity contribution in [2.45, 2.75) is 32.4 Å². The second-order valence-electron chi connectivity index (χ2n) is 9.27. The van der Waals surface area contributed by atoms with Gasteiger partial charge in [-0.25, -0.2) is 9.37 Å². The smallest absolute Gasteiger partial charge is 0.148 e. The van der Waals surface area contributed by atoms with Gasteiger partial charge in [-0.3, -0.25) is 4.98 Å². The normalized spacial score (nSPS) is 12.8. The molecule has 0 radical (unpaired) electrons. The number of pyridine rings is 1. The lowest BCUT2D eigenvalue weighted by Gasteiger charge is -2.16. The van der Waals surface area contributed by atoms with Crippen molar-refractivity contribution in [3.05, 3.63) is 108 Å². The van der Waals surface area contributed by atoms with Crippen molar-refractivity contribution in [3.8, 4) is 34.4 Å². The molecule has 3 aromatic carbocycles. The van der Waals surface area contributed by atoms with Gasteiger partial charge in [-0.1, -0.05) is 48.2 Å². The van der Waals surface area contributed by atoms with Crippen LogP contribution in [-0.2, 0) is 5.60 Å². The Morgan fingerprint density at radius 1 is 0.917 bits per heavy atom. The summed E-state index contributed by atoms with van der Waals surface area (Å²) in [5.74, 6) is 5.79. The Morgan fingerprint density at radius 2 is 1.64 bits per heavy atom. The van der Waals surface area contributed by atoms with E-state index in [0.29, 0.717) is 5.56 Å². The predicted molar refractivity (Wildman–Crippen MR) is 142 cm³/mol. The molecule has 2 heterocycles. The Morgan fingerprint density at radius 3 is 2.36 bits per heavy atom. The van der Waals surface area contributed by atoms with Crippen LogP contribution < -0.4 is 0 Å². The monoisotopic (exact) mass is 475 g/mol. The van der Waals surface area contributed by atoms with E-state index in [1.807, 2.05) is 54.9 Å². The molecule has 1 unspecified atom stereocenters. The Balaban J connectivity index is 1.57. The topological polar surface area (TPSA) is 50.9 Å². The average Bonchev–Trinajstić information content (AvgIpc) is 3.34. The van der Waals surface area contributed by atoms with Gasteiger partial charge in [0, 0.05) is 34.3 Å². The summed E-state index contributed by atoms with van der Waals surface area (Å²) in [5, 5.41) is 11.8. The standard InChI is InChI=1S/C31H26FN3O/c1-21(2)35-20-34-29(23-9-12-27(32)13-10-23)30(35)24-11-14-28-25(18-24)17-22(19-33-28)15-16-31(3,36)26-7-5-4-6-8-26/h4-14,17-21,36H,1-3H3. The fraction of sp³-hybridized carbons (Fsp3) is 0.161. The van der Waals surface area contributed by atoms with Gasteiger partial charge in [0.05, 0.1) is 23.2 Å². The fourth-order valence-electron chi connectivity index (χ4n) is 4.23. The Labute approximate surface area is 210 Å². The van der Waals surface area contributed by atoms with E-state index in [4.69, 9.17) is 0 Å². The van der Waals surface area contributed by atoms with Crippen LogP contribution in [0.4, 0.5) is 4.39 Å². The summed E-state index contributed by atoms with van der Waals surface area (Å²) in [6.07, 6.45) is 3.55. The number of fused-ring (bicyclic) bond motifs is 1. The van der Waals surface area contributed by atoms with Crippen molar-refractivity contribution in [1.29, 1.82) is 0 Å². The summed E-state index contributed by atoms with van der Waals surface area (Å²) in [6.45, 7) is 5.90. The number of halogens is 1. The van der Waals surface area contributed by atoms with Crippen molar-refractivity contribution < 1.29 is 9.50 Å². The first-order valence-electron chi connectivity index (χ1n) is 11.9. The zero-order chi connectivity index (χ0) is 25.3. The molecule has 5 heteroatoms. The van der Waals surface area contributed by atoms with Crippen molar-refractivity contribution in [2.75, 3.05) is 0 Å². The number of rotatable bonds is 4. The van der Waals surface area contributed by atoms with Crippen LogP contribution in [-0.4, -0.2) is 19.6 Å². The lowest BCUT2D eigenvalue weighted by Crippen LogP contribution is -2.18. The maximum Gasteiger partial charge on any atom is 0.148 e. The van der Waals surface area contributed by atoms with Crippen LogP contribution in [0.15, 0.2) is 91.4 Å². The molecule has 36 heavy (non-hydrogen) atoms. The summed E-state index contributed by atoms with van der Waals surface area (Å²) in [5.41, 5.74) is 4.62. The zero-order valence-corrected chi connectivity index (χ0v) is 20.4. The van der Waals surface area contributed by atoms with Crippen molar-refractivity contribution in [3.63, 3.8) is 0 Å². The van der Waals surface area contributed by atoms with Gasteiger partial charge in [-0.15, -0.1) is 0 Å². The highest BCUT2D eigenvalue weighted by Gasteiger charge is 2.20. The molecule has 178 valence electrons. The third-order valence-corrected chi connectivity index (χ3v) is 6.21. The lowest BCUT2D eigenvalue weighted by atomic mass is 9.96. The van der Waals surface area contributed by atoms with Crippen molar-refractivity contribution in [1.82, 2.24) is 14.5 Å². The van der Waals surface area contributed by atoms with Gasteiger partial charge in [-0.2, -0.15) is 0 Å². The first-order valence-corrected chi connectivity index (χ1v) is 11.9. The summed E-state index contributed by atoms with van der Waals surface area (Å²) in [6, 6.07) is 24.0. The van der Waals surface area contributed by atoms with E-state index in [9.17, 15) is 9.50 Å². The molecule has 0 aliphatic carbocycles. The van der Waals surface area contributed by atoms with Crippen LogP contribution in [0.2, 0.25) is 0 Å². The second-order valence-corrected chi connectivity index (χ2v) is 9.27. The van der Waals surface area contributed by atoms with Crippen LogP contribution in [0, 0.1) is 17.7 Å². The Kier molecular flexibility index (Phi) is 6.13. The molecule has 4 nitrogen and oxygen atoms in total. The molecule has 0 fully saturated rings. The van der Waals surface area contributed by atoms with Gasteiger partial charge in [0.2, 0.25) is 0 Å². The third-order valence-electron chi connectivity index (χ3n) is 6.21. The summed E-state index contributed by atoms with van der Waals surface area (Å²) in [7, 11) is 0. The third kappa shape index (κ3) is 4.64. The molecular weight excluding hydrogens is 449 g/mol. The van der Waals surface area contributed by atoms with Crippen molar-refractivity contribution >= 4 is 10.9 Å². The number of nitrogens with zero attached hydrogens (tertiary/aromatic N) is 3. The second kappa shape index (κ2) is 9.41. The van der Waals surface area contributed by atoms with Crippen LogP contribution in [0.1, 0.15) is 37.9 Å². The summed E-state index contributed by atoms with van der Waals surface area (Å²) >= 11 is 0. The largest absolute Gasteiger partial charge is 0.374 e. The highest BCUT2D eigenvalue weighted by atomic mass is 19.1. The molecule has 1 atom stereocenters. The summed E-state index contributed by atoms with van der Waals surface area (Å²) < 4.78 is 15.7. The highest BCUT2D eigenvalue weighted by Crippen LogP contribution is 2.34. The average molecular weight is 476 g/mol. The maximum atomic E-state index is 13.5. The number of aliphatic hydroxyl groups is 1. The number of benzene rings is 3. The minimum atomic E-state index is -1.27. The molecule has 5 rings (SSSR count). The fourth-order valence-corrected chi connectivity index (χ4v) is 4.23. The van der Waals surface area contributed by atoms with Crippen LogP contribution in [0.5, 0.6) is 0 Å². The van der Waals surface area contributed by atoms with Gasteiger partial charge >= 0.3 is 0 Å². The summed E-state index contributed by atoms with van der Waals surface area (Å²) in [4.78, 5) is 9.25. The van der Waals surface area contributed by atoms with E-state index in [-0.39, 0.29) is 11.9 Å².